The zero-order valence-electron chi connectivity index (χ0n) is 12.1. The van der Waals surface area contributed by atoms with Crippen molar-refractivity contribution in [2.45, 2.75) is 25.8 Å². The van der Waals surface area contributed by atoms with E-state index in [0.29, 0.717) is 6.54 Å². The molecule has 1 heterocycles. The molecule has 0 atom stereocenters. The van der Waals surface area contributed by atoms with Gasteiger partial charge in [0.1, 0.15) is 0 Å². The second-order valence-corrected chi connectivity index (χ2v) is 7.56. The van der Waals surface area contributed by atoms with Crippen LogP contribution < -0.4 is 0 Å². The van der Waals surface area contributed by atoms with Crippen molar-refractivity contribution in [1.29, 1.82) is 0 Å². The third-order valence-corrected chi connectivity index (χ3v) is 5.51. The van der Waals surface area contributed by atoms with Gasteiger partial charge in [0.25, 0.3) is 0 Å². The van der Waals surface area contributed by atoms with Gasteiger partial charge in [-0.3, -0.25) is 0 Å². The van der Waals surface area contributed by atoms with Crippen molar-refractivity contribution in [3.8, 4) is 0 Å². The van der Waals surface area contributed by atoms with Gasteiger partial charge in [-0.15, -0.1) is 0 Å². The van der Waals surface area contributed by atoms with Gasteiger partial charge in [-0.2, -0.15) is 4.31 Å². The molecule has 0 aromatic carbocycles. The molecule has 5 nitrogen and oxygen atoms in total. The van der Waals surface area contributed by atoms with Gasteiger partial charge < -0.3 is 9.80 Å². The van der Waals surface area contributed by atoms with E-state index in [1.54, 1.807) is 11.2 Å². The summed E-state index contributed by atoms with van der Waals surface area (Å²) >= 11 is 0. The van der Waals surface area contributed by atoms with Crippen LogP contribution in [0.15, 0.2) is 0 Å². The van der Waals surface area contributed by atoms with Crippen LogP contribution in [0.2, 0.25) is 0 Å². The second kappa shape index (κ2) is 6.84. The average Bonchev–Trinajstić information content (AvgIpc) is 2.31. The van der Waals surface area contributed by atoms with E-state index in [1.165, 1.54) is 0 Å². The van der Waals surface area contributed by atoms with Gasteiger partial charge in [0.05, 0.1) is 5.75 Å². The number of likely N-dealkylation sites (tertiary alicyclic amines) is 1. The smallest absolute Gasteiger partial charge is 0.214 e. The Hall–Kier alpha value is -0.170. The monoisotopic (exact) mass is 277 g/mol. The van der Waals surface area contributed by atoms with Crippen LogP contribution in [-0.2, 0) is 10.0 Å². The molecule has 1 rings (SSSR count). The maximum atomic E-state index is 12.2. The Morgan fingerprint density at radius 2 is 1.72 bits per heavy atom. The predicted molar refractivity (Wildman–Crippen MR) is 75.2 cm³/mol. The maximum Gasteiger partial charge on any atom is 0.214 e. The fourth-order valence-electron chi connectivity index (χ4n) is 2.30. The number of rotatable bonds is 6. The number of sulfonamides is 1. The first-order valence-electron chi connectivity index (χ1n) is 6.69. The van der Waals surface area contributed by atoms with E-state index >= 15 is 0 Å². The molecule has 6 heteroatoms. The van der Waals surface area contributed by atoms with Crippen LogP contribution in [0.4, 0.5) is 0 Å². The summed E-state index contributed by atoms with van der Waals surface area (Å²) in [4.78, 5) is 4.30. The molecule has 0 N–H and O–H groups in total. The van der Waals surface area contributed by atoms with Crippen LogP contribution in [0.5, 0.6) is 0 Å². The Labute approximate surface area is 112 Å². The summed E-state index contributed by atoms with van der Waals surface area (Å²) in [5.41, 5.74) is 0. The predicted octanol–water partition coefficient (Wildman–Crippen LogP) is 0.294. The molecule has 1 aliphatic heterocycles. The van der Waals surface area contributed by atoms with Gasteiger partial charge >= 0.3 is 0 Å². The van der Waals surface area contributed by atoms with Crippen molar-refractivity contribution in [1.82, 2.24) is 14.1 Å². The molecule has 0 aromatic rings. The Bertz CT molecular complexity index is 335. The van der Waals surface area contributed by atoms with Crippen molar-refractivity contribution >= 4 is 10.0 Å². The summed E-state index contributed by atoms with van der Waals surface area (Å²) in [5.74, 6) is 0.201. The van der Waals surface area contributed by atoms with Gasteiger partial charge in [0, 0.05) is 19.1 Å². The van der Waals surface area contributed by atoms with Crippen molar-refractivity contribution < 1.29 is 8.42 Å². The van der Waals surface area contributed by atoms with Crippen molar-refractivity contribution in [3.63, 3.8) is 0 Å². The quantitative estimate of drug-likeness (QED) is 0.700. The minimum atomic E-state index is -3.08. The first-order chi connectivity index (χ1) is 8.36. The lowest BCUT2D eigenvalue weighted by molar-refractivity contribution is 0.176. The van der Waals surface area contributed by atoms with Crippen LogP contribution in [0.3, 0.4) is 0 Å². The minimum absolute atomic E-state index is 0.186. The second-order valence-electron chi connectivity index (χ2n) is 5.35. The largest absolute Gasteiger partial charge is 0.308 e. The zero-order chi connectivity index (χ0) is 13.8. The molecule has 0 spiro atoms. The lowest BCUT2D eigenvalue weighted by Gasteiger charge is -2.36. The topological polar surface area (TPSA) is 43.9 Å². The molecule has 0 saturated carbocycles. The molecule has 1 aliphatic rings. The third kappa shape index (κ3) is 4.50. The van der Waals surface area contributed by atoms with Crippen LogP contribution in [0.25, 0.3) is 0 Å². The molecule has 0 aliphatic carbocycles. The normalized spacial score (nSPS) is 19.9. The lowest BCUT2D eigenvalue weighted by Crippen LogP contribution is -2.49. The molecule has 1 saturated heterocycles. The Balaban J connectivity index is 2.71. The van der Waals surface area contributed by atoms with Gasteiger partial charge in [-0.25, -0.2) is 8.42 Å². The number of piperidine rings is 1. The van der Waals surface area contributed by atoms with E-state index in [9.17, 15) is 8.42 Å². The summed E-state index contributed by atoms with van der Waals surface area (Å²) in [6.45, 7) is 5.10. The SMILES string of the molecule is CCS(=O)(=O)N(CCN(C)C)C1CCN(C)CC1. The van der Waals surface area contributed by atoms with Crippen LogP contribution in [0.1, 0.15) is 19.8 Å². The zero-order valence-corrected chi connectivity index (χ0v) is 12.9. The summed E-state index contributed by atoms with van der Waals surface area (Å²) in [5, 5.41) is 0. The van der Waals surface area contributed by atoms with E-state index in [1.807, 2.05) is 19.0 Å². The standard InChI is InChI=1S/C12H27N3O2S/c1-5-18(16,17)15(11-10-13(2)3)12-6-8-14(4)9-7-12/h12H,5-11H2,1-4H3. The molecular formula is C12H27N3O2S. The number of hydrogen-bond acceptors (Lipinski definition) is 4. The first kappa shape index (κ1) is 15.9. The van der Waals surface area contributed by atoms with Gasteiger partial charge in [0.2, 0.25) is 10.0 Å². The lowest BCUT2D eigenvalue weighted by atomic mass is 10.1. The van der Waals surface area contributed by atoms with E-state index in [0.717, 1.165) is 32.5 Å². The molecule has 0 unspecified atom stereocenters. The Morgan fingerprint density at radius 1 is 1.17 bits per heavy atom. The van der Waals surface area contributed by atoms with Crippen LogP contribution in [-0.4, -0.2) is 81.6 Å². The van der Waals surface area contributed by atoms with E-state index in [-0.39, 0.29) is 11.8 Å². The number of likely N-dealkylation sites (N-methyl/N-ethyl adjacent to an activating group) is 1. The molecule has 18 heavy (non-hydrogen) atoms. The van der Waals surface area contributed by atoms with Gasteiger partial charge in [-0.05, 0) is 54.0 Å². The van der Waals surface area contributed by atoms with E-state index in [4.69, 9.17) is 0 Å². The highest BCUT2D eigenvalue weighted by molar-refractivity contribution is 7.89. The summed E-state index contributed by atoms with van der Waals surface area (Å²) in [6, 6.07) is 0.186. The molecule has 108 valence electrons. The number of hydrogen-bond donors (Lipinski definition) is 0. The van der Waals surface area contributed by atoms with Crippen molar-refractivity contribution in [3.05, 3.63) is 0 Å². The van der Waals surface area contributed by atoms with Crippen LogP contribution >= 0.6 is 0 Å². The highest BCUT2D eigenvalue weighted by Crippen LogP contribution is 2.19. The van der Waals surface area contributed by atoms with E-state index in [2.05, 4.69) is 11.9 Å². The molecule has 0 bridgehead atoms. The third-order valence-electron chi connectivity index (χ3n) is 3.59. The van der Waals surface area contributed by atoms with E-state index < -0.39 is 10.0 Å². The molecule has 0 radical (unpaired) electrons. The fraction of sp³-hybridized carbons (Fsp3) is 1.00. The molecule has 0 amide bonds. The Morgan fingerprint density at radius 3 is 2.17 bits per heavy atom. The maximum absolute atomic E-state index is 12.2. The molecule has 0 aromatic heterocycles. The highest BCUT2D eigenvalue weighted by atomic mass is 32.2. The van der Waals surface area contributed by atoms with Crippen molar-refractivity contribution in [2.24, 2.45) is 0 Å². The highest BCUT2D eigenvalue weighted by Gasteiger charge is 2.30. The number of nitrogens with zero attached hydrogens (tertiary/aromatic N) is 3. The molecular weight excluding hydrogens is 250 g/mol. The van der Waals surface area contributed by atoms with Crippen molar-refractivity contribution in [2.75, 3.05) is 53.1 Å². The van der Waals surface area contributed by atoms with Gasteiger partial charge in [-0.1, -0.05) is 0 Å². The summed E-state index contributed by atoms with van der Waals surface area (Å²) < 4.78 is 26.1. The Kier molecular flexibility index (Phi) is 6.04. The summed E-state index contributed by atoms with van der Waals surface area (Å²) in [7, 11) is 2.96. The first-order valence-corrected chi connectivity index (χ1v) is 8.30. The summed E-state index contributed by atoms with van der Waals surface area (Å²) in [6.07, 6.45) is 1.90. The molecule has 1 fully saturated rings. The van der Waals surface area contributed by atoms with Gasteiger partial charge in [0.15, 0.2) is 0 Å². The average molecular weight is 277 g/mol. The fourth-order valence-corrected chi connectivity index (χ4v) is 3.65. The minimum Gasteiger partial charge on any atom is -0.308 e. The van der Waals surface area contributed by atoms with Crippen LogP contribution in [0, 0.1) is 0 Å².